The minimum Gasteiger partial charge on any atom is -0.358 e. The van der Waals surface area contributed by atoms with Gasteiger partial charge in [0.15, 0.2) is 0 Å². The van der Waals surface area contributed by atoms with Crippen molar-refractivity contribution in [1.29, 1.82) is 0 Å². The molecule has 2 fully saturated rings. The van der Waals surface area contributed by atoms with Gasteiger partial charge in [0.2, 0.25) is 0 Å². The fourth-order valence-electron chi connectivity index (χ4n) is 5.66. The van der Waals surface area contributed by atoms with Crippen LogP contribution in [0.1, 0.15) is 79.1 Å². The second-order valence-corrected chi connectivity index (χ2v) is 14.2. The van der Waals surface area contributed by atoms with Gasteiger partial charge in [-0.3, -0.25) is 0 Å². The predicted molar refractivity (Wildman–Crippen MR) is 124 cm³/mol. The van der Waals surface area contributed by atoms with Crippen LogP contribution >= 0.6 is 15.8 Å². The summed E-state index contributed by atoms with van der Waals surface area (Å²) in [6.45, 7) is 9.79. The van der Waals surface area contributed by atoms with Gasteiger partial charge in [-0.25, -0.2) is 0 Å². The molecule has 149 valence electrons. The summed E-state index contributed by atoms with van der Waals surface area (Å²) >= 11 is 0. The van der Waals surface area contributed by atoms with E-state index in [2.05, 4.69) is 52.0 Å². The molecule has 0 unspecified atom stereocenters. The molecule has 1 aromatic carbocycles. The first-order valence-electron chi connectivity index (χ1n) is 10.6. The second kappa shape index (κ2) is 11.6. The van der Waals surface area contributed by atoms with E-state index in [4.69, 9.17) is 0 Å². The van der Waals surface area contributed by atoms with E-state index in [-0.39, 0.29) is 42.7 Å². The zero-order valence-electron chi connectivity index (χ0n) is 17.6. The van der Waals surface area contributed by atoms with Gasteiger partial charge in [-0.15, -0.1) is 0 Å². The maximum absolute atomic E-state index is 2.58. The summed E-state index contributed by atoms with van der Waals surface area (Å²) in [4.78, 5) is 0. The summed E-state index contributed by atoms with van der Waals surface area (Å²) in [6.07, 6.45) is 11.7. The van der Waals surface area contributed by atoms with Crippen LogP contribution in [0.5, 0.6) is 0 Å². The number of benzene rings is 1. The van der Waals surface area contributed by atoms with Crippen molar-refractivity contribution in [2.75, 3.05) is 0 Å². The molecule has 26 heavy (non-hydrogen) atoms. The number of rotatable bonds is 6. The molecule has 0 aromatic heterocycles. The van der Waals surface area contributed by atoms with Gasteiger partial charge in [-0.2, -0.15) is 0 Å². The van der Waals surface area contributed by atoms with Crippen molar-refractivity contribution in [3.05, 3.63) is 31.7 Å². The standard InChI is InChI=1S/C22H36P2.CH3.Rh/c1-5-17-13-14-18(6-2)23(17)21-11-9-10-12-22(21)24-19(7-3)15-16-20(24)8-4;;/h9-12,17-20H,5-8,13-16H2,1-4H3;1H3;/q;-1;+2/p+2/t17-,18-,19-,20-;;/m0../s1. The molecule has 2 heterocycles. The third-order valence-electron chi connectivity index (χ3n) is 7.01. The molecule has 0 amide bonds. The molecule has 1 radical (unpaired) electrons. The zero-order valence-corrected chi connectivity index (χ0v) is 21.2. The van der Waals surface area contributed by atoms with Crippen LogP contribution in [-0.4, -0.2) is 22.6 Å². The van der Waals surface area contributed by atoms with Crippen molar-refractivity contribution >= 4 is 26.5 Å². The molecule has 1 aromatic rings. The maximum atomic E-state index is 2.58. The fraction of sp³-hybridized carbons (Fsp3) is 0.696. The number of hydrogen-bond donors (Lipinski definition) is 0. The van der Waals surface area contributed by atoms with E-state index in [1.807, 2.05) is 10.6 Å². The first-order valence-corrected chi connectivity index (χ1v) is 13.9. The molecule has 2 aliphatic heterocycles. The Balaban J connectivity index is 0.00000169. The van der Waals surface area contributed by atoms with Crippen molar-refractivity contribution in [1.82, 2.24) is 0 Å². The van der Waals surface area contributed by atoms with E-state index in [0.29, 0.717) is 0 Å². The van der Waals surface area contributed by atoms with E-state index in [9.17, 15) is 0 Å². The van der Waals surface area contributed by atoms with Gasteiger partial charge in [0.25, 0.3) is 0 Å². The SMILES string of the molecule is CC[C@H]1CC[C@H](CC)[PH+]1c1ccccc1[PH+]1[C@@H](CC)CC[C@@H]1CC.[CH3-].[Rh+2]. The summed E-state index contributed by atoms with van der Waals surface area (Å²) < 4.78 is 0. The monoisotopic (exact) mass is 482 g/mol. The van der Waals surface area contributed by atoms with Crippen LogP contribution in [0, 0.1) is 7.43 Å². The van der Waals surface area contributed by atoms with Crippen LogP contribution in [0.15, 0.2) is 24.3 Å². The molecule has 2 aliphatic rings. The molecule has 4 atom stereocenters. The zero-order chi connectivity index (χ0) is 17.1. The summed E-state index contributed by atoms with van der Waals surface area (Å²) in [7, 11) is -0.743. The van der Waals surface area contributed by atoms with Crippen LogP contribution in [0.2, 0.25) is 0 Å². The normalized spacial score (nSPS) is 29.4. The van der Waals surface area contributed by atoms with Crippen molar-refractivity contribution < 1.29 is 19.5 Å². The maximum Gasteiger partial charge on any atom is 2.00 e. The smallest absolute Gasteiger partial charge is 0.358 e. The Morgan fingerprint density at radius 2 is 0.923 bits per heavy atom. The topological polar surface area (TPSA) is 0 Å². The fourth-order valence-corrected chi connectivity index (χ4v) is 14.7. The van der Waals surface area contributed by atoms with E-state index in [1.165, 1.54) is 51.4 Å². The van der Waals surface area contributed by atoms with Crippen molar-refractivity contribution in [3.63, 3.8) is 0 Å². The van der Waals surface area contributed by atoms with E-state index < -0.39 is 0 Å². The molecule has 3 rings (SSSR count). The largest absolute Gasteiger partial charge is 2.00 e. The van der Waals surface area contributed by atoms with E-state index >= 15 is 0 Å². The van der Waals surface area contributed by atoms with Crippen molar-refractivity contribution in [2.45, 2.75) is 102 Å². The van der Waals surface area contributed by atoms with Crippen molar-refractivity contribution in [2.24, 2.45) is 0 Å². The Hall–Kier alpha value is 0.703. The van der Waals surface area contributed by atoms with Gasteiger partial charge in [0, 0.05) is 15.8 Å². The van der Waals surface area contributed by atoms with Crippen LogP contribution < -0.4 is 10.6 Å². The first-order chi connectivity index (χ1) is 11.7. The molecule has 3 heteroatoms. The Kier molecular flexibility index (Phi) is 11.1. The Morgan fingerprint density at radius 1 is 0.654 bits per heavy atom. The molecule has 0 aliphatic carbocycles. The average Bonchev–Trinajstić information content (AvgIpc) is 3.24. The minimum absolute atomic E-state index is 0. The molecule has 0 spiro atoms. The van der Waals surface area contributed by atoms with Gasteiger partial charge in [-0.1, -0.05) is 39.8 Å². The van der Waals surface area contributed by atoms with Crippen LogP contribution in [0.4, 0.5) is 0 Å². The van der Waals surface area contributed by atoms with Crippen molar-refractivity contribution in [3.8, 4) is 0 Å². The molecule has 2 saturated heterocycles. The summed E-state index contributed by atoms with van der Waals surface area (Å²) in [5.74, 6) is 0. The third-order valence-corrected chi connectivity index (χ3v) is 15.7. The van der Waals surface area contributed by atoms with E-state index in [1.54, 1.807) is 0 Å². The van der Waals surface area contributed by atoms with Crippen LogP contribution in [0.25, 0.3) is 0 Å². The van der Waals surface area contributed by atoms with Gasteiger partial charge < -0.3 is 7.43 Å². The molecule has 0 N–H and O–H groups in total. The Bertz CT molecular complexity index is 462. The van der Waals surface area contributed by atoms with E-state index in [0.717, 1.165) is 22.6 Å². The third kappa shape index (κ3) is 4.81. The summed E-state index contributed by atoms with van der Waals surface area (Å²) in [5.41, 5.74) is 4.13. The van der Waals surface area contributed by atoms with Crippen LogP contribution in [-0.2, 0) is 19.5 Å². The number of hydrogen-bond acceptors (Lipinski definition) is 0. The van der Waals surface area contributed by atoms with Gasteiger partial charge in [-0.05, 0) is 63.5 Å². The average molecular weight is 482 g/mol. The minimum atomic E-state index is -0.371. The quantitative estimate of drug-likeness (QED) is 0.246. The summed E-state index contributed by atoms with van der Waals surface area (Å²) in [6, 6.07) is 9.87. The summed E-state index contributed by atoms with van der Waals surface area (Å²) in [5, 5.41) is 3.79. The van der Waals surface area contributed by atoms with Gasteiger partial charge in [0.05, 0.1) is 22.6 Å². The second-order valence-electron chi connectivity index (χ2n) is 8.03. The van der Waals surface area contributed by atoms with Crippen LogP contribution in [0.3, 0.4) is 0 Å². The molecular formula is C23H41P2Rh+3. The Morgan fingerprint density at radius 3 is 1.15 bits per heavy atom. The first kappa shape index (κ1) is 24.7. The molecule has 0 nitrogen and oxygen atoms in total. The molecule has 0 bridgehead atoms. The molecule has 0 saturated carbocycles. The molecular weight excluding hydrogens is 441 g/mol. The van der Waals surface area contributed by atoms with Gasteiger partial charge >= 0.3 is 19.5 Å². The Labute approximate surface area is 179 Å². The van der Waals surface area contributed by atoms with Gasteiger partial charge in [0.1, 0.15) is 10.6 Å². The predicted octanol–water partition coefficient (Wildman–Crippen LogP) is 6.52.